The molecule has 0 spiro atoms. The van der Waals surface area contributed by atoms with Gasteiger partial charge in [-0.15, -0.1) is 0 Å². The van der Waals surface area contributed by atoms with Crippen molar-refractivity contribution in [2.24, 2.45) is 0 Å². The van der Waals surface area contributed by atoms with Crippen LogP contribution >= 0.6 is 15.9 Å². The van der Waals surface area contributed by atoms with Gasteiger partial charge in [0.25, 0.3) is 10.0 Å². The molecule has 0 bridgehead atoms. The lowest BCUT2D eigenvalue weighted by Crippen LogP contribution is -2.55. The highest BCUT2D eigenvalue weighted by Gasteiger charge is 2.36. The number of amides is 2. The van der Waals surface area contributed by atoms with Gasteiger partial charge in [0.05, 0.1) is 10.6 Å². The molecule has 0 aromatic heterocycles. The van der Waals surface area contributed by atoms with Gasteiger partial charge in [-0.25, -0.2) is 8.42 Å². The molecule has 0 unspecified atom stereocenters. The molecule has 1 N–H and O–H groups in total. The molecule has 0 saturated heterocycles. The second kappa shape index (κ2) is 16.0. The Morgan fingerprint density at radius 2 is 1.48 bits per heavy atom. The molecule has 5 rings (SSSR count). The van der Waals surface area contributed by atoms with Crippen LogP contribution < -0.4 is 9.62 Å². The summed E-state index contributed by atoms with van der Waals surface area (Å²) in [7, 11) is -4.17. The number of sulfonamides is 1. The van der Waals surface area contributed by atoms with Gasteiger partial charge in [0.15, 0.2) is 0 Å². The quantitative estimate of drug-likeness (QED) is 0.162. The molecule has 0 heterocycles. The van der Waals surface area contributed by atoms with Crippen LogP contribution in [0.25, 0.3) is 0 Å². The lowest BCUT2D eigenvalue weighted by atomic mass is 9.94. The third-order valence-corrected chi connectivity index (χ3v) is 11.3. The van der Waals surface area contributed by atoms with Gasteiger partial charge in [0.2, 0.25) is 11.8 Å². The molecule has 2 amide bonds. The van der Waals surface area contributed by atoms with Crippen LogP contribution in [0.1, 0.15) is 59.9 Å². The van der Waals surface area contributed by atoms with Crippen LogP contribution in [0.5, 0.6) is 0 Å². The summed E-state index contributed by atoms with van der Waals surface area (Å²) >= 11 is 3.55. The summed E-state index contributed by atoms with van der Waals surface area (Å²) in [6, 6.07) is 28.7. The fraction of sp³-hybridized carbons (Fsp3) is 0.333. The van der Waals surface area contributed by atoms with E-state index in [-0.39, 0.29) is 29.8 Å². The maximum atomic E-state index is 14.8. The van der Waals surface area contributed by atoms with E-state index >= 15 is 0 Å². The number of aryl methyl sites for hydroxylation is 3. The second-order valence-electron chi connectivity index (χ2n) is 12.8. The summed E-state index contributed by atoms with van der Waals surface area (Å²) in [6.07, 6.45) is 5.34. The van der Waals surface area contributed by atoms with Crippen molar-refractivity contribution in [3.05, 3.63) is 129 Å². The van der Waals surface area contributed by atoms with E-state index in [4.69, 9.17) is 0 Å². The Kier molecular flexibility index (Phi) is 11.8. The minimum Gasteiger partial charge on any atom is -0.352 e. The molecule has 1 fully saturated rings. The third-order valence-electron chi connectivity index (χ3n) is 8.99. The van der Waals surface area contributed by atoms with E-state index in [0.717, 1.165) is 64.4 Å². The monoisotopic (exact) mass is 729 g/mol. The van der Waals surface area contributed by atoms with Crippen LogP contribution in [0.4, 0.5) is 5.69 Å². The van der Waals surface area contributed by atoms with E-state index < -0.39 is 28.5 Å². The normalized spacial score (nSPS) is 14.2. The molecule has 0 aliphatic heterocycles. The molecule has 1 atom stereocenters. The zero-order valence-electron chi connectivity index (χ0n) is 27.9. The van der Waals surface area contributed by atoms with E-state index in [1.165, 1.54) is 4.31 Å². The first kappa shape index (κ1) is 35.4. The summed E-state index contributed by atoms with van der Waals surface area (Å²) in [6.45, 7) is 5.28. The zero-order chi connectivity index (χ0) is 34.3. The van der Waals surface area contributed by atoms with Gasteiger partial charge in [-0.1, -0.05) is 107 Å². The van der Waals surface area contributed by atoms with Gasteiger partial charge in [0, 0.05) is 23.5 Å². The van der Waals surface area contributed by atoms with Crippen molar-refractivity contribution < 1.29 is 18.0 Å². The largest absolute Gasteiger partial charge is 0.352 e. The molecule has 9 heteroatoms. The second-order valence-corrected chi connectivity index (χ2v) is 15.6. The molecule has 4 aromatic carbocycles. The summed E-state index contributed by atoms with van der Waals surface area (Å²) in [5.74, 6) is -0.694. The smallest absolute Gasteiger partial charge is 0.264 e. The van der Waals surface area contributed by atoms with Gasteiger partial charge in [0.1, 0.15) is 12.6 Å². The molecule has 1 aliphatic rings. The molecular weight excluding hydrogens is 686 g/mol. The van der Waals surface area contributed by atoms with E-state index in [1.807, 2.05) is 87.5 Å². The van der Waals surface area contributed by atoms with Crippen molar-refractivity contribution in [1.29, 1.82) is 0 Å². The van der Waals surface area contributed by atoms with Crippen molar-refractivity contribution in [2.75, 3.05) is 10.8 Å². The summed E-state index contributed by atoms with van der Waals surface area (Å²) in [5, 5.41) is 3.26. The molecule has 48 heavy (non-hydrogen) atoms. The minimum absolute atomic E-state index is 0.0423. The number of halogens is 1. The summed E-state index contributed by atoms with van der Waals surface area (Å²) in [4.78, 5) is 30.7. The maximum absolute atomic E-state index is 14.8. The van der Waals surface area contributed by atoms with Crippen LogP contribution in [0, 0.1) is 20.8 Å². The summed E-state index contributed by atoms with van der Waals surface area (Å²) < 4.78 is 30.8. The number of hydrogen-bond acceptors (Lipinski definition) is 4. The highest BCUT2D eigenvalue weighted by atomic mass is 79.9. The Morgan fingerprint density at radius 1 is 0.812 bits per heavy atom. The van der Waals surface area contributed by atoms with Crippen molar-refractivity contribution >= 4 is 43.5 Å². The lowest BCUT2D eigenvalue weighted by molar-refractivity contribution is -0.140. The Hall–Kier alpha value is -3.95. The fourth-order valence-corrected chi connectivity index (χ4v) is 8.19. The Morgan fingerprint density at radius 3 is 2.17 bits per heavy atom. The van der Waals surface area contributed by atoms with E-state index in [1.54, 1.807) is 35.2 Å². The molecule has 4 aromatic rings. The topological polar surface area (TPSA) is 86.8 Å². The lowest BCUT2D eigenvalue weighted by Gasteiger charge is -2.35. The molecule has 1 saturated carbocycles. The van der Waals surface area contributed by atoms with Crippen LogP contribution in [-0.2, 0) is 32.6 Å². The highest BCUT2D eigenvalue weighted by Crippen LogP contribution is 2.29. The number of hydrogen-bond donors (Lipinski definition) is 1. The van der Waals surface area contributed by atoms with Crippen LogP contribution in [0.3, 0.4) is 0 Å². The number of carbonyl (C=O) groups is 2. The standard InChI is InChI=1S/C39H44BrN3O4S/c1-28-18-21-35(22-19-28)48(46,47)43(36-23-29(2)17-20-30(36)3)27-38(44)42(26-32-13-10-14-33(40)24-32)37(25-31-11-6-4-7-12-31)39(45)41-34-15-8-5-9-16-34/h4,6-7,10-14,17-24,34,37H,5,8-9,15-16,25-27H2,1-3H3,(H,41,45)/t37-/m1/s1. The summed E-state index contributed by atoms with van der Waals surface area (Å²) in [5.41, 5.74) is 4.67. The molecule has 252 valence electrons. The first-order chi connectivity index (χ1) is 23.0. The van der Waals surface area contributed by atoms with Gasteiger partial charge in [-0.05, 0) is 86.2 Å². The average molecular weight is 731 g/mol. The maximum Gasteiger partial charge on any atom is 0.264 e. The number of nitrogens with zero attached hydrogens (tertiary/aromatic N) is 2. The number of rotatable bonds is 12. The van der Waals surface area contributed by atoms with E-state index in [2.05, 4.69) is 21.2 Å². The minimum atomic E-state index is -4.17. The zero-order valence-corrected chi connectivity index (χ0v) is 30.3. The predicted molar refractivity (Wildman–Crippen MR) is 195 cm³/mol. The van der Waals surface area contributed by atoms with Gasteiger partial charge in [-0.3, -0.25) is 13.9 Å². The molecule has 1 aliphatic carbocycles. The van der Waals surface area contributed by atoms with E-state index in [9.17, 15) is 18.0 Å². The Labute approximate surface area is 293 Å². The molecular formula is C39H44BrN3O4S. The van der Waals surface area contributed by atoms with Crippen molar-refractivity contribution in [3.8, 4) is 0 Å². The first-order valence-electron chi connectivity index (χ1n) is 16.6. The van der Waals surface area contributed by atoms with Crippen LogP contribution in [-0.4, -0.2) is 43.8 Å². The van der Waals surface area contributed by atoms with Crippen molar-refractivity contribution in [2.45, 2.75) is 82.8 Å². The van der Waals surface area contributed by atoms with Gasteiger partial charge >= 0.3 is 0 Å². The molecule has 0 radical (unpaired) electrons. The SMILES string of the molecule is Cc1ccc(S(=O)(=O)N(CC(=O)N(Cc2cccc(Br)c2)[C@H](Cc2ccccc2)C(=O)NC2CCCCC2)c2cc(C)ccc2C)cc1. The average Bonchev–Trinajstić information content (AvgIpc) is 3.07. The highest BCUT2D eigenvalue weighted by molar-refractivity contribution is 9.10. The van der Waals surface area contributed by atoms with Crippen LogP contribution in [0.15, 0.2) is 106 Å². The number of carbonyl (C=O) groups excluding carboxylic acids is 2. The van der Waals surface area contributed by atoms with Crippen molar-refractivity contribution in [1.82, 2.24) is 10.2 Å². The first-order valence-corrected chi connectivity index (χ1v) is 18.8. The van der Waals surface area contributed by atoms with Gasteiger partial charge in [-0.2, -0.15) is 0 Å². The molecule has 7 nitrogen and oxygen atoms in total. The predicted octanol–water partition coefficient (Wildman–Crippen LogP) is 7.66. The fourth-order valence-electron chi connectivity index (χ4n) is 6.27. The Balaban J connectivity index is 1.59. The third kappa shape index (κ3) is 8.94. The number of nitrogens with one attached hydrogen (secondary N) is 1. The van der Waals surface area contributed by atoms with Crippen molar-refractivity contribution in [3.63, 3.8) is 0 Å². The van der Waals surface area contributed by atoms with E-state index in [0.29, 0.717) is 5.69 Å². The number of benzene rings is 4. The van der Waals surface area contributed by atoms with Gasteiger partial charge < -0.3 is 10.2 Å². The number of anilines is 1. The Bertz CT molecular complexity index is 1820. The van der Waals surface area contributed by atoms with Crippen LogP contribution in [0.2, 0.25) is 0 Å².